The Morgan fingerprint density at radius 3 is 2.39 bits per heavy atom. The van der Waals surface area contributed by atoms with E-state index < -0.39 is 17.7 Å². The van der Waals surface area contributed by atoms with Crippen molar-refractivity contribution in [1.82, 2.24) is 4.98 Å². The van der Waals surface area contributed by atoms with Crippen LogP contribution in [0.25, 0.3) is 0 Å². The lowest BCUT2D eigenvalue weighted by Gasteiger charge is -2.10. The number of nitro groups is 1. The number of hydrogen-bond acceptors (Lipinski definition) is 5. The van der Waals surface area contributed by atoms with Crippen molar-refractivity contribution in [3.8, 4) is 5.75 Å². The van der Waals surface area contributed by atoms with E-state index in [2.05, 4.69) is 15.0 Å². The third-order valence-corrected chi connectivity index (χ3v) is 2.76. The topological polar surface area (TPSA) is 77.3 Å². The molecule has 0 unspecified atom stereocenters. The molecule has 0 bridgehead atoms. The van der Waals surface area contributed by atoms with Gasteiger partial charge in [0.05, 0.1) is 4.92 Å². The van der Waals surface area contributed by atoms with Crippen LogP contribution >= 0.6 is 0 Å². The summed E-state index contributed by atoms with van der Waals surface area (Å²) in [6, 6.07) is 8.90. The maximum atomic E-state index is 12.0. The summed E-state index contributed by atoms with van der Waals surface area (Å²) in [5.41, 5.74) is 0.686. The van der Waals surface area contributed by atoms with E-state index in [4.69, 9.17) is 0 Å². The second kappa shape index (κ2) is 6.95. The second-order valence-corrected chi connectivity index (χ2v) is 4.56. The molecule has 0 aliphatic heterocycles. The molecule has 0 aliphatic rings. The first-order chi connectivity index (χ1) is 10.8. The zero-order chi connectivity index (χ0) is 16.9. The number of nitrogens with one attached hydrogen (secondary N) is 1. The third-order valence-electron chi connectivity index (χ3n) is 2.76. The van der Waals surface area contributed by atoms with Gasteiger partial charge < -0.3 is 10.1 Å². The SMILES string of the molecule is O=[N+]([O-])c1ccc(NCc2ccc(OCC(F)(F)F)cc2)nc1. The first kappa shape index (κ1) is 16.5. The highest BCUT2D eigenvalue weighted by Crippen LogP contribution is 2.19. The minimum absolute atomic E-state index is 0.110. The van der Waals surface area contributed by atoms with Gasteiger partial charge in [-0.15, -0.1) is 0 Å². The predicted molar refractivity (Wildman–Crippen MR) is 76.2 cm³/mol. The number of aromatic nitrogens is 1. The minimum Gasteiger partial charge on any atom is -0.484 e. The summed E-state index contributed by atoms with van der Waals surface area (Å²) in [4.78, 5) is 13.8. The number of benzene rings is 1. The summed E-state index contributed by atoms with van der Waals surface area (Å²) in [7, 11) is 0. The Kier molecular flexibility index (Phi) is 4.99. The molecule has 23 heavy (non-hydrogen) atoms. The zero-order valence-corrected chi connectivity index (χ0v) is 11.7. The number of halogens is 3. The molecule has 0 atom stereocenters. The number of pyridine rings is 1. The van der Waals surface area contributed by atoms with Gasteiger partial charge in [-0.1, -0.05) is 12.1 Å². The van der Waals surface area contributed by atoms with E-state index in [9.17, 15) is 23.3 Å². The van der Waals surface area contributed by atoms with Crippen molar-refractivity contribution in [3.05, 3.63) is 58.3 Å². The zero-order valence-electron chi connectivity index (χ0n) is 11.7. The molecule has 2 aromatic rings. The van der Waals surface area contributed by atoms with Crippen molar-refractivity contribution in [1.29, 1.82) is 0 Å². The maximum Gasteiger partial charge on any atom is 0.422 e. The van der Waals surface area contributed by atoms with Crippen molar-refractivity contribution in [2.75, 3.05) is 11.9 Å². The molecule has 1 aromatic carbocycles. The molecule has 0 radical (unpaired) electrons. The van der Waals surface area contributed by atoms with Gasteiger partial charge in [0.2, 0.25) is 0 Å². The molecule has 1 N–H and O–H groups in total. The summed E-state index contributed by atoms with van der Waals surface area (Å²) < 4.78 is 40.7. The van der Waals surface area contributed by atoms with Crippen LogP contribution in [-0.2, 0) is 6.54 Å². The van der Waals surface area contributed by atoms with Gasteiger partial charge in [-0.2, -0.15) is 13.2 Å². The second-order valence-electron chi connectivity index (χ2n) is 4.56. The largest absolute Gasteiger partial charge is 0.484 e. The first-order valence-electron chi connectivity index (χ1n) is 6.46. The van der Waals surface area contributed by atoms with Gasteiger partial charge in [-0.3, -0.25) is 10.1 Å². The molecule has 0 saturated carbocycles. The lowest BCUT2D eigenvalue weighted by molar-refractivity contribution is -0.385. The molecule has 0 saturated heterocycles. The van der Waals surface area contributed by atoms with Crippen molar-refractivity contribution in [2.24, 2.45) is 0 Å². The molecule has 122 valence electrons. The quantitative estimate of drug-likeness (QED) is 0.648. The van der Waals surface area contributed by atoms with Crippen LogP contribution in [0, 0.1) is 10.1 Å². The number of hydrogen-bond donors (Lipinski definition) is 1. The molecular weight excluding hydrogens is 315 g/mol. The first-order valence-corrected chi connectivity index (χ1v) is 6.46. The summed E-state index contributed by atoms with van der Waals surface area (Å²) in [6.07, 6.45) is -3.24. The van der Waals surface area contributed by atoms with E-state index in [1.54, 1.807) is 12.1 Å². The lowest BCUT2D eigenvalue weighted by Crippen LogP contribution is -2.19. The van der Waals surface area contributed by atoms with Gasteiger partial charge in [0, 0.05) is 12.6 Å². The Bertz CT molecular complexity index is 658. The normalized spacial score (nSPS) is 11.1. The molecular formula is C14H12F3N3O3. The van der Waals surface area contributed by atoms with E-state index in [-0.39, 0.29) is 11.4 Å². The van der Waals surface area contributed by atoms with Crippen LogP contribution in [-0.4, -0.2) is 22.7 Å². The smallest absolute Gasteiger partial charge is 0.422 e. The van der Waals surface area contributed by atoms with E-state index in [0.29, 0.717) is 12.4 Å². The van der Waals surface area contributed by atoms with Crippen molar-refractivity contribution >= 4 is 11.5 Å². The Morgan fingerprint density at radius 2 is 1.87 bits per heavy atom. The molecule has 9 heteroatoms. The molecule has 0 amide bonds. The highest BCUT2D eigenvalue weighted by Gasteiger charge is 2.28. The molecule has 1 heterocycles. The van der Waals surface area contributed by atoms with Crippen LogP contribution in [0.5, 0.6) is 5.75 Å². The van der Waals surface area contributed by atoms with Gasteiger partial charge in [0.25, 0.3) is 5.69 Å². The fourth-order valence-corrected chi connectivity index (χ4v) is 1.66. The maximum absolute atomic E-state index is 12.0. The van der Waals surface area contributed by atoms with Gasteiger partial charge in [-0.05, 0) is 23.8 Å². The molecule has 0 fully saturated rings. The fourth-order valence-electron chi connectivity index (χ4n) is 1.66. The highest BCUT2D eigenvalue weighted by atomic mass is 19.4. The van der Waals surface area contributed by atoms with Gasteiger partial charge in [-0.25, -0.2) is 4.98 Å². The average molecular weight is 327 g/mol. The number of alkyl halides is 3. The Labute approximate surface area is 129 Å². The Hall–Kier alpha value is -2.84. The summed E-state index contributed by atoms with van der Waals surface area (Å²) in [6.45, 7) is -0.971. The van der Waals surface area contributed by atoms with Crippen LogP contribution < -0.4 is 10.1 Å². The van der Waals surface area contributed by atoms with E-state index in [1.807, 2.05) is 0 Å². The van der Waals surface area contributed by atoms with Crippen LogP contribution in [0.3, 0.4) is 0 Å². The standard InChI is InChI=1S/C14H12F3N3O3/c15-14(16,17)9-23-12-4-1-10(2-5-12)7-18-13-6-3-11(8-19-13)20(21)22/h1-6,8H,7,9H2,(H,18,19). The Morgan fingerprint density at radius 1 is 1.17 bits per heavy atom. The number of anilines is 1. The van der Waals surface area contributed by atoms with Crippen LogP contribution in [0.15, 0.2) is 42.6 Å². The predicted octanol–water partition coefficient (Wildman–Crippen LogP) is 3.54. The van der Waals surface area contributed by atoms with Gasteiger partial charge >= 0.3 is 6.18 Å². The lowest BCUT2D eigenvalue weighted by atomic mass is 10.2. The summed E-state index contributed by atoms with van der Waals surface area (Å²) >= 11 is 0. The van der Waals surface area contributed by atoms with E-state index in [1.165, 1.54) is 24.3 Å². The number of nitrogens with zero attached hydrogens (tertiary/aromatic N) is 2. The molecule has 1 aromatic heterocycles. The van der Waals surface area contributed by atoms with Crippen molar-refractivity contribution < 1.29 is 22.8 Å². The van der Waals surface area contributed by atoms with Crippen LogP contribution in [0.2, 0.25) is 0 Å². The monoisotopic (exact) mass is 327 g/mol. The van der Waals surface area contributed by atoms with Crippen molar-refractivity contribution in [2.45, 2.75) is 12.7 Å². The van der Waals surface area contributed by atoms with E-state index >= 15 is 0 Å². The molecule has 0 spiro atoms. The minimum atomic E-state index is -4.37. The molecule has 0 aliphatic carbocycles. The molecule has 6 nitrogen and oxygen atoms in total. The highest BCUT2D eigenvalue weighted by molar-refractivity contribution is 5.41. The van der Waals surface area contributed by atoms with Crippen LogP contribution in [0.1, 0.15) is 5.56 Å². The fraction of sp³-hybridized carbons (Fsp3) is 0.214. The number of rotatable bonds is 6. The van der Waals surface area contributed by atoms with E-state index in [0.717, 1.165) is 11.8 Å². The van der Waals surface area contributed by atoms with Crippen LogP contribution in [0.4, 0.5) is 24.7 Å². The average Bonchev–Trinajstić information content (AvgIpc) is 2.51. The number of ether oxygens (including phenoxy) is 1. The van der Waals surface area contributed by atoms with Crippen molar-refractivity contribution in [3.63, 3.8) is 0 Å². The van der Waals surface area contributed by atoms with Gasteiger partial charge in [0.15, 0.2) is 6.61 Å². The van der Waals surface area contributed by atoms with Gasteiger partial charge in [0.1, 0.15) is 17.8 Å². The summed E-state index contributed by atoms with van der Waals surface area (Å²) in [5.74, 6) is 0.576. The third kappa shape index (κ3) is 5.46. The molecule has 2 rings (SSSR count). The Balaban J connectivity index is 1.87. The summed E-state index contributed by atoms with van der Waals surface area (Å²) in [5, 5.41) is 13.4.